The first-order valence-electron chi connectivity index (χ1n) is 7.09. The first-order chi connectivity index (χ1) is 11.0. The van der Waals surface area contributed by atoms with Gasteiger partial charge in [-0.3, -0.25) is 9.78 Å². The molecular weight excluding hydrogens is 316 g/mol. The van der Waals surface area contributed by atoms with Crippen molar-refractivity contribution in [3.05, 3.63) is 54.0 Å². The van der Waals surface area contributed by atoms with Crippen molar-refractivity contribution in [2.24, 2.45) is 0 Å². The second kappa shape index (κ2) is 7.30. The molecule has 2 heterocycles. The lowest BCUT2D eigenvalue weighted by Gasteiger charge is -2.16. The van der Waals surface area contributed by atoms with Gasteiger partial charge in [0.15, 0.2) is 5.03 Å². The van der Waals surface area contributed by atoms with E-state index < -0.39 is 10.0 Å². The van der Waals surface area contributed by atoms with E-state index in [9.17, 15) is 13.2 Å². The molecule has 0 fully saturated rings. The molecule has 2 rings (SSSR count). The van der Waals surface area contributed by atoms with Crippen LogP contribution in [0.15, 0.2) is 47.8 Å². The monoisotopic (exact) mass is 334 g/mol. The SMILES string of the molecule is CC[C@H](NC(=O)c1ccc(S(=O)(=O)NC)nc1)c1ccccn1. The van der Waals surface area contributed by atoms with Crippen molar-refractivity contribution in [3.63, 3.8) is 0 Å². The molecule has 0 bridgehead atoms. The standard InChI is InChI=1S/C15H18N4O3S/c1-3-12(13-6-4-5-9-17-13)19-15(20)11-7-8-14(18-10-11)23(21,22)16-2/h4-10,12,16H,3H2,1-2H3,(H,19,20)/t12-/m0/s1. The zero-order valence-corrected chi connectivity index (χ0v) is 13.7. The van der Waals surface area contributed by atoms with Crippen LogP contribution in [-0.4, -0.2) is 31.3 Å². The van der Waals surface area contributed by atoms with Gasteiger partial charge < -0.3 is 5.32 Å². The highest BCUT2D eigenvalue weighted by Crippen LogP contribution is 2.14. The Bertz CT molecular complexity index is 761. The molecule has 0 radical (unpaired) electrons. The average Bonchev–Trinajstić information content (AvgIpc) is 2.60. The van der Waals surface area contributed by atoms with Gasteiger partial charge in [-0.15, -0.1) is 0 Å². The Balaban J connectivity index is 2.14. The summed E-state index contributed by atoms with van der Waals surface area (Å²) >= 11 is 0. The minimum Gasteiger partial charge on any atom is -0.344 e. The van der Waals surface area contributed by atoms with E-state index in [1.54, 1.807) is 6.20 Å². The first kappa shape index (κ1) is 17.0. The van der Waals surface area contributed by atoms with E-state index in [2.05, 4.69) is 20.0 Å². The number of nitrogens with zero attached hydrogens (tertiary/aromatic N) is 2. The van der Waals surface area contributed by atoms with Crippen LogP contribution in [0.2, 0.25) is 0 Å². The van der Waals surface area contributed by atoms with Gasteiger partial charge in [-0.2, -0.15) is 0 Å². The van der Waals surface area contributed by atoms with Crippen LogP contribution in [0.5, 0.6) is 0 Å². The molecule has 0 saturated heterocycles. The van der Waals surface area contributed by atoms with Crippen LogP contribution < -0.4 is 10.0 Å². The molecule has 0 aliphatic heterocycles. The fourth-order valence-electron chi connectivity index (χ4n) is 1.99. The van der Waals surface area contributed by atoms with Gasteiger partial charge in [-0.25, -0.2) is 18.1 Å². The van der Waals surface area contributed by atoms with Crippen LogP contribution >= 0.6 is 0 Å². The highest BCUT2D eigenvalue weighted by Gasteiger charge is 2.17. The highest BCUT2D eigenvalue weighted by molar-refractivity contribution is 7.89. The maximum absolute atomic E-state index is 12.3. The Morgan fingerprint density at radius 1 is 1.22 bits per heavy atom. The number of carbonyl (C=O) groups excluding carboxylic acids is 1. The van der Waals surface area contributed by atoms with Gasteiger partial charge in [0.25, 0.3) is 15.9 Å². The minimum atomic E-state index is -3.61. The number of amides is 1. The third kappa shape index (κ3) is 4.11. The fourth-order valence-corrected chi connectivity index (χ4v) is 2.63. The Labute approximate surface area is 135 Å². The fraction of sp³-hybridized carbons (Fsp3) is 0.267. The molecule has 1 amide bonds. The average molecular weight is 334 g/mol. The molecular formula is C15H18N4O3S. The number of rotatable bonds is 6. The lowest BCUT2D eigenvalue weighted by molar-refractivity contribution is 0.0934. The predicted molar refractivity (Wildman–Crippen MR) is 85.2 cm³/mol. The lowest BCUT2D eigenvalue weighted by atomic mass is 10.1. The van der Waals surface area contributed by atoms with Crippen molar-refractivity contribution < 1.29 is 13.2 Å². The molecule has 8 heteroatoms. The van der Waals surface area contributed by atoms with Gasteiger partial charge in [-0.05, 0) is 37.7 Å². The van der Waals surface area contributed by atoms with Crippen LogP contribution in [0.25, 0.3) is 0 Å². The second-order valence-corrected chi connectivity index (χ2v) is 6.61. The van der Waals surface area contributed by atoms with E-state index in [1.807, 2.05) is 25.1 Å². The summed E-state index contributed by atoms with van der Waals surface area (Å²) in [5.74, 6) is -0.330. The molecule has 0 saturated carbocycles. The third-order valence-electron chi connectivity index (χ3n) is 3.30. The molecule has 1 atom stereocenters. The topological polar surface area (TPSA) is 101 Å². The summed E-state index contributed by atoms with van der Waals surface area (Å²) in [7, 11) is -2.31. The van der Waals surface area contributed by atoms with E-state index in [4.69, 9.17) is 0 Å². The number of hydrogen-bond donors (Lipinski definition) is 2. The number of carbonyl (C=O) groups is 1. The summed E-state index contributed by atoms with van der Waals surface area (Å²) in [6.07, 6.45) is 3.59. The number of aromatic nitrogens is 2. The van der Waals surface area contributed by atoms with Crippen molar-refractivity contribution in [1.82, 2.24) is 20.0 Å². The smallest absolute Gasteiger partial charge is 0.257 e. The van der Waals surface area contributed by atoms with Crippen LogP contribution in [0.3, 0.4) is 0 Å². The summed E-state index contributed by atoms with van der Waals surface area (Å²) in [5.41, 5.74) is 1.06. The molecule has 0 aliphatic rings. The molecule has 122 valence electrons. The van der Waals surface area contributed by atoms with Gasteiger partial charge in [-0.1, -0.05) is 13.0 Å². The zero-order valence-electron chi connectivity index (χ0n) is 12.9. The number of nitrogens with one attached hydrogen (secondary N) is 2. The maximum atomic E-state index is 12.3. The summed E-state index contributed by atoms with van der Waals surface area (Å²) in [6.45, 7) is 1.94. The van der Waals surface area contributed by atoms with Crippen LogP contribution in [-0.2, 0) is 10.0 Å². The molecule has 2 aromatic heterocycles. The van der Waals surface area contributed by atoms with E-state index in [0.29, 0.717) is 6.42 Å². The minimum absolute atomic E-state index is 0.131. The molecule has 0 spiro atoms. The van der Waals surface area contributed by atoms with Gasteiger partial charge >= 0.3 is 0 Å². The van der Waals surface area contributed by atoms with Crippen molar-refractivity contribution in [2.45, 2.75) is 24.4 Å². The van der Waals surface area contributed by atoms with Crippen molar-refractivity contribution in [1.29, 1.82) is 0 Å². The number of pyridine rings is 2. The van der Waals surface area contributed by atoms with Gasteiger partial charge in [0.2, 0.25) is 0 Å². The highest BCUT2D eigenvalue weighted by atomic mass is 32.2. The van der Waals surface area contributed by atoms with Crippen LogP contribution in [0.1, 0.15) is 35.4 Å². The van der Waals surface area contributed by atoms with Gasteiger partial charge in [0, 0.05) is 12.4 Å². The molecule has 0 aromatic carbocycles. The third-order valence-corrected chi connectivity index (χ3v) is 4.63. The normalized spacial score (nSPS) is 12.6. The molecule has 7 nitrogen and oxygen atoms in total. The lowest BCUT2D eigenvalue weighted by Crippen LogP contribution is -2.29. The van der Waals surface area contributed by atoms with Crippen molar-refractivity contribution >= 4 is 15.9 Å². The molecule has 0 unspecified atom stereocenters. The molecule has 2 N–H and O–H groups in total. The first-order valence-corrected chi connectivity index (χ1v) is 8.57. The summed E-state index contributed by atoms with van der Waals surface area (Å²) in [6, 6.07) is 8.01. The van der Waals surface area contributed by atoms with E-state index in [-0.39, 0.29) is 22.5 Å². The molecule has 23 heavy (non-hydrogen) atoms. The second-order valence-electron chi connectivity index (χ2n) is 4.78. The predicted octanol–water partition coefficient (Wildman–Crippen LogP) is 1.27. The Morgan fingerprint density at radius 3 is 2.52 bits per heavy atom. The summed E-state index contributed by atoms with van der Waals surface area (Å²) in [5, 5.41) is 2.73. The van der Waals surface area contributed by atoms with Crippen molar-refractivity contribution in [3.8, 4) is 0 Å². The summed E-state index contributed by atoms with van der Waals surface area (Å²) in [4.78, 5) is 20.3. The Hall–Kier alpha value is -2.32. The molecule has 2 aromatic rings. The van der Waals surface area contributed by atoms with E-state index in [0.717, 1.165) is 5.69 Å². The quantitative estimate of drug-likeness (QED) is 0.828. The summed E-state index contributed by atoms with van der Waals surface area (Å²) < 4.78 is 25.4. The Morgan fingerprint density at radius 2 is 2.00 bits per heavy atom. The van der Waals surface area contributed by atoms with Gasteiger partial charge in [0.1, 0.15) is 0 Å². The van der Waals surface area contributed by atoms with E-state index >= 15 is 0 Å². The largest absolute Gasteiger partial charge is 0.344 e. The van der Waals surface area contributed by atoms with Crippen LogP contribution in [0, 0.1) is 0 Å². The Kier molecular flexibility index (Phi) is 5.41. The van der Waals surface area contributed by atoms with E-state index in [1.165, 1.54) is 25.4 Å². The number of sulfonamides is 1. The molecule has 0 aliphatic carbocycles. The maximum Gasteiger partial charge on any atom is 0.257 e. The number of hydrogen-bond acceptors (Lipinski definition) is 5. The van der Waals surface area contributed by atoms with Crippen molar-refractivity contribution in [2.75, 3.05) is 7.05 Å². The van der Waals surface area contributed by atoms with Crippen LogP contribution in [0.4, 0.5) is 0 Å². The van der Waals surface area contributed by atoms with Gasteiger partial charge in [0.05, 0.1) is 17.3 Å². The zero-order chi connectivity index (χ0) is 16.9.